The molecule has 428 valence electrons. The number of aliphatic imine (C=N–C) groups is 1. The van der Waals surface area contributed by atoms with Crippen molar-refractivity contribution in [2.24, 2.45) is 33.8 Å². The molecule has 0 radical (unpaired) electrons. The van der Waals surface area contributed by atoms with E-state index in [0.29, 0.717) is 29.9 Å². The Bertz CT molecular complexity index is 2120. The van der Waals surface area contributed by atoms with Gasteiger partial charge in [0, 0.05) is 13.0 Å². The van der Waals surface area contributed by atoms with Crippen LogP contribution in [0, 0.1) is 5.92 Å². The Hall–Kier alpha value is -6.43. The van der Waals surface area contributed by atoms with E-state index in [1.807, 2.05) is 0 Å². The molecule has 0 saturated heterocycles. The van der Waals surface area contributed by atoms with Crippen LogP contribution in [-0.2, 0) is 54.4 Å². The standard InChI is InChI=1S/C47H79N13O14S2/c1-24(2)36(44(71)55-30(11-9-19-52-47(50)51)39(66)58-34(46(73)74)23-35(63)64)59-41(68)29(10-7-8-18-48)53-40(67)31(16-20-75-5)56-45(72)37(26(4)61)60-42(69)32(17-21-76-6)54-43(70)33(57-38(65)25(3)49)22-27-12-14-28(62)15-13-27/h12-15,24-26,29-34,36-37,61-62H,7-11,16-23,48-49H2,1-6H3,(H,53,67)(H,54,70)(H,55,71)(H,56,72)(H,57,65)(H,58,66)(H,59,68)(H,60,69)(H,63,64)(H,73,74)(H4,50,51,52). The molecule has 1 rings (SSSR count). The average molecular weight is 1110 g/mol. The molecule has 10 unspecified atom stereocenters. The van der Waals surface area contributed by atoms with Gasteiger partial charge in [-0.25, -0.2) is 4.79 Å². The number of aliphatic hydroxyl groups is 1. The number of carboxylic acids is 2. The van der Waals surface area contributed by atoms with Crippen LogP contribution >= 0.6 is 23.5 Å². The molecule has 1 aromatic rings. The number of phenolic OH excluding ortho intramolecular Hbond substituents is 1. The van der Waals surface area contributed by atoms with Crippen LogP contribution in [0.5, 0.6) is 5.75 Å². The fourth-order valence-corrected chi connectivity index (χ4v) is 8.03. The molecule has 76 heavy (non-hydrogen) atoms. The van der Waals surface area contributed by atoms with Gasteiger partial charge in [-0.1, -0.05) is 26.0 Å². The van der Waals surface area contributed by atoms with Crippen molar-refractivity contribution < 1.29 is 68.4 Å². The number of rotatable bonds is 37. The number of thioether (sulfide) groups is 2. The van der Waals surface area contributed by atoms with E-state index in [2.05, 4.69) is 47.5 Å². The molecule has 29 heteroatoms. The molecule has 0 bridgehead atoms. The Kier molecular flexibility index (Phi) is 31.8. The number of guanidine groups is 1. The minimum atomic E-state index is -1.85. The fraction of sp³-hybridized carbons (Fsp3) is 0.638. The molecule has 0 saturated carbocycles. The minimum Gasteiger partial charge on any atom is -0.508 e. The predicted octanol–water partition coefficient (Wildman–Crippen LogP) is -3.55. The summed E-state index contributed by atoms with van der Waals surface area (Å²) in [6, 6.07) is -6.68. The van der Waals surface area contributed by atoms with Crippen LogP contribution in [0.2, 0.25) is 0 Å². The maximum atomic E-state index is 14.2. The lowest BCUT2D eigenvalue weighted by molar-refractivity contribution is -0.147. The average Bonchev–Trinajstić information content (AvgIpc) is 3.34. The van der Waals surface area contributed by atoms with E-state index in [9.17, 15) is 68.4 Å². The highest BCUT2D eigenvalue weighted by Gasteiger charge is 2.37. The van der Waals surface area contributed by atoms with Crippen molar-refractivity contribution in [1.82, 2.24) is 42.5 Å². The molecule has 0 aliphatic heterocycles. The maximum absolute atomic E-state index is 14.2. The van der Waals surface area contributed by atoms with Crippen molar-refractivity contribution in [3.63, 3.8) is 0 Å². The first-order valence-corrected chi connectivity index (χ1v) is 27.4. The number of carbonyl (C=O) groups excluding carboxylic acids is 8. The highest BCUT2D eigenvalue weighted by Crippen LogP contribution is 2.14. The molecule has 8 amide bonds. The second kappa shape index (κ2) is 35.8. The van der Waals surface area contributed by atoms with Gasteiger partial charge in [-0.3, -0.25) is 48.1 Å². The molecule has 0 aliphatic rings. The second-order valence-corrected chi connectivity index (χ2v) is 20.2. The number of nitrogens with zero attached hydrogens (tertiary/aromatic N) is 1. The number of nitrogens with two attached hydrogens (primary N) is 4. The third-order valence-electron chi connectivity index (χ3n) is 11.4. The van der Waals surface area contributed by atoms with Gasteiger partial charge in [0.25, 0.3) is 0 Å². The molecule has 0 spiro atoms. The molecule has 0 aromatic heterocycles. The van der Waals surface area contributed by atoms with Crippen LogP contribution in [0.1, 0.15) is 84.6 Å². The topological polar surface area (TPSA) is 464 Å². The second-order valence-electron chi connectivity index (χ2n) is 18.2. The van der Waals surface area contributed by atoms with Gasteiger partial charge in [-0.05, 0) is 113 Å². The Labute approximate surface area is 450 Å². The largest absolute Gasteiger partial charge is 0.508 e. The van der Waals surface area contributed by atoms with Crippen molar-refractivity contribution in [3.8, 4) is 5.75 Å². The van der Waals surface area contributed by atoms with Crippen molar-refractivity contribution in [2.75, 3.05) is 37.1 Å². The summed E-state index contributed by atoms with van der Waals surface area (Å²) in [5.41, 5.74) is 22.8. The predicted molar refractivity (Wildman–Crippen MR) is 286 cm³/mol. The number of benzene rings is 1. The first-order chi connectivity index (χ1) is 35.8. The normalized spacial score (nSPS) is 15.0. The zero-order valence-corrected chi connectivity index (χ0v) is 45.4. The molecule has 10 atom stereocenters. The van der Waals surface area contributed by atoms with E-state index >= 15 is 0 Å². The summed E-state index contributed by atoms with van der Waals surface area (Å²) in [7, 11) is 0. The highest BCUT2D eigenvalue weighted by molar-refractivity contribution is 7.98. The monoisotopic (exact) mass is 1110 g/mol. The summed E-state index contributed by atoms with van der Waals surface area (Å²) in [6.07, 6.45) is 1.65. The van der Waals surface area contributed by atoms with Crippen molar-refractivity contribution >= 4 is 88.7 Å². The summed E-state index contributed by atoms with van der Waals surface area (Å²) in [4.78, 5) is 137. The highest BCUT2D eigenvalue weighted by atomic mass is 32.2. The van der Waals surface area contributed by atoms with Crippen LogP contribution in [0.4, 0.5) is 0 Å². The first kappa shape index (κ1) is 67.6. The van der Waals surface area contributed by atoms with Gasteiger partial charge in [0.1, 0.15) is 54.1 Å². The summed E-state index contributed by atoms with van der Waals surface area (Å²) in [5, 5.41) is 59.5. The van der Waals surface area contributed by atoms with E-state index in [1.54, 1.807) is 38.5 Å². The van der Waals surface area contributed by atoms with Crippen LogP contribution in [0.25, 0.3) is 0 Å². The smallest absolute Gasteiger partial charge is 0.326 e. The van der Waals surface area contributed by atoms with Gasteiger partial charge < -0.3 is 85.9 Å². The van der Waals surface area contributed by atoms with Crippen molar-refractivity contribution in [3.05, 3.63) is 29.8 Å². The number of carboxylic acid groups (broad SMARTS) is 2. The third kappa shape index (κ3) is 25.9. The SMILES string of the molecule is CSCCC(NC(=O)C(Cc1ccc(O)cc1)NC(=O)C(C)N)C(=O)NC(C(=O)NC(CCSC)C(=O)NC(CCCCN)C(=O)NC(C(=O)NC(CCCN=C(N)N)C(=O)NC(CC(=O)O)C(=O)O)C(C)C)C(C)O. The Balaban J connectivity index is 3.46. The third-order valence-corrected chi connectivity index (χ3v) is 12.7. The Morgan fingerprint density at radius 2 is 0.987 bits per heavy atom. The van der Waals surface area contributed by atoms with Crippen molar-refractivity contribution in [1.29, 1.82) is 0 Å². The minimum absolute atomic E-state index is 0.000609. The lowest BCUT2D eigenvalue weighted by Gasteiger charge is -2.29. The Morgan fingerprint density at radius 3 is 1.42 bits per heavy atom. The van der Waals surface area contributed by atoms with Crippen LogP contribution in [-0.4, -0.2) is 183 Å². The molecule has 0 fully saturated rings. The Morgan fingerprint density at radius 1 is 0.566 bits per heavy atom. The van der Waals surface area contributed by atoms with Gasteiger partial charge in [0.05, 0.1) is 18.6 Å². The molecule has 0 aliphatic carbocycles. The number of amides is 8. The lowest BCUT2D eigenvalue weighted by atomic mass is 10.0. The fourth-order valence-electron chi connectivity index (χ4n) is 7.09. The lowest BCUT2D eigenvalue weighted by Crippen LogP contribution is -2.62. The number of nitrogens with one attached hydrogen (secondary N) is 8. The molecule has 20 N–H and O–H groups in total. The number of aliphatic hydroxyl groups excluding tert-OH is 1. The molecule has 27 nitrogen and oxygen atoms in total. The van der Waals surface area contributed by atoms with Gasteiger partial charge >= 0.3 is 11.9 Å². The van der Waals surface area contributed by atoms with E-state index in [1.165, 1.54) is 49.5 Å². The quantitative estimate of drug-likeness (QED) is 0.0174. The number of unbranched alkanes of at least 4 members (excludes halogenated alkanes) is 1. The van der Waals surface area contributed by atoms with E-state index in [4.69, 9.17) is 22.9 Å². The summed E-state index contributed by atoms with van der Waals surface area (Å²) < 4.78 is 0. The maximum Gasteiger partial charge on any atom is 0.326 e. The number of phenols is 1. The van der Waals surface area contributed by atoms with Gasteiger partial charge in [-0.15, -0.1) is 0 Å². The van der Waals surface area contributed by atoms with Crippen LogP contribution < -0.4 is 65.5 Å². The van der Waals surface area contributed by atoms with Crippen LogP contribution in [0.3, 0.4) is 0 Å². The first-order valence-electron chi connectivity index (χ1n) is 24.6. The number of carbonyl (C=O) groups is 10. The van der Waals surface area contributed by atoms with Gasteiger partial charge in [0.2, 0.25) is 47.3 Å². The zero-order chi connectivity index (χ0) is 57.7. The summed E-state index contributed by atoms with van der Waals surface area (Å²) >= 11 is 2.68. The molecule has 0 heterocycles. The van der Waals surface area contributed by atoms with Crippen molar-refractivity contribution in [2.45, 2.75) is 146 Å². The number of aliphatic carboxylic acids is 2. The zero-order valence-electron chi connectivity index (χ0n) is 43.8. The number of aromatic hydroxyl groups is 1. The van der Waals surface area contributed by atoms with Gasteiger partial charge in [-0.2, -0.15) is 23.5 Å². The van der Waals surface area contributed by atoms with E-state index < -0.39 is 132 Å². The molecular formula is C47H79N13O14S2. The molecule has 1 aromatic carbocycles. The van der Waals surface area contributed by atoms with E-state index in [0.717, 1.165) is 0 Å². The van der Waals surface area contributed by atoms with E-state index in [-0.39, 0.29) is 63.3 Å². The summed E-state index contributed by atoms with van der Waals surface area (Å²) in [5.74, 6) is -10.4. The number of hydrogen-bond donors (Lipinski definition) is 16. The summed E-state index contributed by atoms with van der Waals surface area (Å²) in [6.45, 7) is 6.04. The van der Waals surface area contributed by atoms with Gasteiger partial charge in [0.15, 0.2) is 5.96 Å². The number of hydrogen-bond acceptors (Lipinski definition) is 17. The molecular weight excluding hydrogens is 1030 g/mol. The van der Waals surface area contributed by atoms with Crippen LogP contribution in [0.15, 0.2) is 29.3 Å².